The number of benzene rings is 1. The number of halogens is 3. The largest absolute Gasteiger partial charge is 0.417 e. The Morgan fingerprint density at radius 1 is 1.19 bits per heavy atom. The number of hydrogen-bond donors (Lipinski definition) is 0. The number of sulfonamides is 1. The van der Waals surface area contributed by atoms with E-state index in [-0.39, 0.29) is 6.54 Å². The fourth-order valence-corrected chi connectivity index (χ4v) is 4.40. The Kier molecular flexibility index (Phi) is 4.60. The van der Waals surface area contributed by atoms with Gasteiger partial charge in [0.25, 0.3) is 0 Å². The van der Waals surface area contributed by atoms with Gasteiger partial charge >= 0.3 is 6.18 Å². The molecule has 0 saturated carbocycles. The first kappa shape index (κ1) is 16.3. The molecule has 1 aromatic rings. The van der Waals surface area contributed by atoms with Crippen LogP contribution in [0.2, 0.25) is 0 Å². The van der Waals surface area contributed by atoms with Crippen LogP contribution in [0.15, 0.2) is 29.2 Å². The van der Waals surface area contributed by atoms with Gasteiger partial charge in [-0.25, -0.2) is 13.5 Å². The molecule has 2 rings (SSSR count). The van der Waals surface area contributed by atoms with Crippen molar-refractivity contribution in [1.29, 1.82) is 0 Å². The summed E-state index contributed by atoms with van der Waals surface area (Å²) < 4.78 is 64.9. The van der Waals surface area contributed by atoms with Crippen molar-refractivity contribution >= 4 is 10.0 Å². The highest BCUT2D eigenvalue weighted by Crippen LogP contribution is 2.36. The smallest absolute Gasteiger partial charge is 0.235 e. The monoisotopic (exact) mass is 322 g/mol. The van der Waals surface area contributed by atoms with Crippen molar-refractivity contribution in [2.45, 2.75) is 36.4 Å². The molecule has 1 fully saturated rings. The highest BCUT2D eigenvalue weighted by Gasteiger charge is 2.41. The number of alkyl halides is 3. The highest BCUT2D eigenvalue weighted by atomic mass is 32.2. The maximum Gasteiger partial charge on any atom is 0.417 e. The van der Waals surface area contributed by atoms with Gasteiger partial charge in [-0.1, -0.05) is 18.6 Å². The molecule has 21 heavy (non-hydrogen) atoms. The first-order valence-electron chi connectivity index (χ1n) is 6.54. The van der Waals surface area contributed by atoms with Gasteiger partial charge < -0.3 is 0 Å². The first-order chi connectivity index (χ1) is 9.78. The Bertz CT molecular complexity index is 601. The summed E-state index contributed by atoms with van der Waals surface area (Å²) in [6, 6.07) is 3.30. The standard InChI is InChI=1S/C13H15F3NO3S/c14-13(15,16)11-6-1-2-7-12(11)21(19,20)17-8-4-3-5-10(17)9-18/h1-2,6-7,10H,3-5,8-9H2. The van der Waals surface area contributed by atoms with Gasteiger partial charge in [0, 0.05) is 6.54 Å². The Morgan fingerprint density at radius 2 is 1.86 bits per heavy atom. The van der Waals surface area contributed by atoms with Crippen molar-refractivity contribution < 1.29 is 26.7 Å². The quantitative estimate of drug-likeness (QED) is 0.859. The van der Waals surface area contributed by atoms with E-state index in [2.05, 4.69) is 0 Å². The third-order valence-corrected chi connectivity index (χ3v) is 5.55. The van der Waals surface area contributed by atoms with Crippen molar-refractivity contribution in [2.24, 2.45) is 0 Å². The maximum atomic E-state index is 13.0. The minimum absolute atomic E-state index is 0.0848. The Balaban J connectivity index is 2.49. The van der Waals surface area contributed by atoms with Crippen molar-refractivity contribution in [2.75, 3.05) is 13.2 Å². The second kappa shape index (κ2) is 5.94. The summed E-state index contributed by atoms with van der Waals surface area (Å²) in [5.41, 5.74) is -1.19. The summed E-state index contributed by atoms with van der Waals surface area (Å²) in [5, 5.41) is 11.1. The SMILES string of the molecule is [O]CC1CCCCN1S(=O)(=O)c1ccccc1C(F)(F)F. The molecular formula is C13H15F3NO3S. The van der Waals surface area contributed by atoms with Gasteiger partial charge in [-0.05, 0) is 25.0 Å². The molecule has 0 N–H and O–H groups in total. The summed E-state index contributed by atoms with van der Waals surface area (Å²) in [7, 11) is -4.32. The molecule has 1 unspecified atom stereocenters. The van der Waals surface area contributed by atoms with E-state index >= 15 is 0 Å². The van der Waals surface area contributed by atoms with E-state index in [4.69, 9.17) is 0 Å². The summed E-state index contributed by atoms with van der Waals surface area (Å²) in [6.45, 7) is -0.561. The first-order valence-corrected chi connectivity index (χ1v) is 7.98. The van der Waals surface area contributed by atoms with Gasteiger partial charge in [-0.15, -0.1) is 0 Å². The van der Waals surface area contributed by atoms with E-state index in [0.717, 1.165) is 22.5 Å². The van der Waals surface area contributed by atoms with Crippen LogP contribution in [0.5, 0.6) is 0 Å². The molecule has 1 aliphatic rings. The summed E-state index contributed by atoms with van der Waals surface area (Å²) in [4.78, 5) is -0.780. The van der Waals surface area contributed by atoms with Crippen molar-refractivity contribution in [1.82, 2.24) is 4.31 Å². The predicted molar refractivity (Wildman–Crippen MR) is 68.5 cm³/mol. The molecule has 8 heteroatoms. The average molecular weight is 322 g/mol. The van der Waals surface area contributed by atoms with Gasteiger partial charge in [0.1, 0.15) is 0 Å². The van der Waals surface area contributed by atoms with E-state index in [1.807, 2.05) is 0 Å². The molecule has 1 aromatic carbocycles. The molecule has 1 atom stereocenters. The molecule has 1 heterocycles. The molecule has 117 valence electrons. The van der Waals surface area contributed by atoms with Crippen LogP contribution in [0.1, 0.15) is 24.8 Å². The van der Waals surface area contributed by atoms with Crippen LogP contribution in [0.3, 0.4) is 0 Å². The third kappa shape index (κ3) is 3.22. The predicted octanol–water partition coefficient (Wildman–Crippen LogP) is 2.68. The van der Waals surface area contributed by atoms with E-state index in [9.17, 15) is 26.7 Å². The van der Waals surface area contributed by atoms with Gasteiger partial charge in [0.05, 0.1) is 23.1 Å². The molecule has 0 aliphatic carbocycles. The average Bonchev–Trinajstić information content (AvgIpc) is 2.46. The lowest BCUT2D eigenvalue weighted by Gasteiger charge is -2.33. The van der Waals surface area contributed by atoms with Gasteiger partial charge in [0.15, 0.2) is 0 Å². The molecule has 0 amide bonds. The van der Waals surface area contributed by atoms with Crippen LogP contribution >= 0.6 is 0 Å². The minimum Gasteiger partial charge on any atom is -0.235 e. The zero-order chi connectivity index (χ0) is 15.7. The lowest BCUT2D eigenvalue weighted by molar-refractivity contribution is -0.139. The van der Waals surface area contributed by atoms with Crippen LogP contribution in [0.25, 0.3) is 0 Å². The van der Waals surface area contributed by atoms with Crippen molar-refractivity contribution in [3.05, 3.63) is 29.8 Å². The zero-order valence-electron chi connectivity index (χ0n) is 11.1. The zero-order valence-corrected chi connectivity index (χ0v) is 12.0. The molecule has 1 saturated heterocycles. The van der Waals surface area contributed by atoms with E-state index in [1.54, 1.807) is 0 Å². The van der Waals surface area contributed by atoms with Crippen LogP contribution in [-0.2, 0) is 21.3 Å². The van der Waals surface area contributed by atoms with Crippen LogP contribution in [-0.4, -0.2) is 31.9 Å². The Labute approximate surface area is 121 Å². The molecular weight excluding hydrogens is 307 g/mol. The fraction of sp³-hybridized carbons (Fsp3) is 0.538. The maximum absolute atomic E-state index is 13.0. The molecule has 0 aromatic heterocycles. The molecule has 1 radical (unpaired) electrons. The van der Waals surface area contributed by atoms with Crippen LogP contribution < -0.4 is 0 Å². The fourth-order valence-electron chi connectivity index (χ4n) is 2.51. The van der Waals surface area contributed by atoms with E-state index in [1.165, 1.54) is 6.07 Å². The molecule has 0 bridgehead atoms. The van der Waals surface area contributed by atoms with Crippen LogP contribution in [0.4, 0.5) is 13.2 Å². The summed E-state index contributed by atoms with van der Waals surface area (Å²) in [5.74, 6) is 0. The normalized spacial score (nSPS) is 21.4. The Morgan fingerprint density at radius 3 is 2.48 bits per heavy atom. The molecule has 4 nitrogen and oxygen atoms in total. The van der Waals surface area contributed by atoms with Gasteiger partial charge in [-0.3, -0.25) is 0 Å². The second-order valence-corrected chi connectivity index (χ2v) is 6.78. The molecule has 0 spiro atoms. The minimum atomic E-state index is -4.76. The highest BCUT2D eigenvalue weighted by molar-refractivity contribution is 7.89. The van der Waals surface area contributed by atoms with Crippen molar-refractivity contribution in [3.63, 3.8) is 0 Å². The number of rotatable bonds is 3. The topological polar surface area (TPSA) is 57.3 Å². The van der Waals surface area contributed by atoms with E-state index < -0.39 is 39.3 Å². The summed E-state index contributed by atoms with van der Waals surface area (Å²) >= 11 is 0. The summed E-state index contributed by atoms with van der Waals surface area (Å²) in [6.07, 6.45) is -3.12. The van der Waals surface area contributed by atoms with Gasteiger partial charge in [0.2, 0.25) is 10.0 Å². The second-order valence-electron chi connectivity index (χ2n) is 4.93. The van der Waals surface area contributed by atoms with Gasteiger partial charge in [-0.2, -0.15) is 17.5 Å². The third-order valence-electron chi connectivity index (χ3n) is 3.54. The number of hydrogen-bond acceptors (Lipinski definition) is 2. The Hall–Kier alpha value is -1.12. The number of nitrogens with zero attached hydrogens (tertiary/aromatic N) is 1. The lowest BCUT2D eigenvalue weighted by atomic mass is 10.1. The number of piperidine rings is 1. The van der Waals surface area contributed by atoms with E-state index in [0.29, 0.717) is 19.3 Å². The van der Waals surface area contributed by atoms with Crippen LogP contribution in [0, 0.1) is 0 Å². The molecule has 1 aliphatic heterocycles. The van der Waals surface area contributed by atoms with Crippen molar-refractivity contribution in [3.8, 4) is 0 Å². The lowest BCUT2D eigenvalue weighted by Crippen LogP contribution is -2.45.